The third kappa shape index (κ3) is 3.72. The largest absolute Gasteiger partial charge is 0.445 e. The van der Waals surface area contributed by atoms with Crippen LogP contribution in [0.3, 0.4) is 0 Å². The number of hydrogen-bond acceptors (Lipinski definition) is 6. The summed E-state index contributed by atoms with van der Waals surface area (Å²) in [6.45, 7) is 5.61. The van der Waals surface area contributed by atoms with Gasteiger partial charge in [-0.3, -0.25) is 4.90 Å². The Bertz CT molecular complexity index is 780. The second-order valence-electron chi connectivity index (χ2n) is 5.64. The molecule has 0 bridgehead atoms. The molecular formula is C15H20N4O3S. The van der Waals surface area contributed by atoms with Crippen molar-refractivity contribution in [2.45, 2.75) is 18.4 Å². The normalized spacial score (nSPS) is 16.7. The van der Waals surface area contributed by atoms with Crippen LogP contribution in [0.5, 0.6) is 0 Å². The molecule has 124 valence electrons. The Balaban J connectivity index is 1.68. The van der Waals surface area contributed by atoms with E-state index in [1.165, 1.54) is 0 Å². The minimum absolute atomic E-state index is 0.178. The van der Waals surface area contributed by atoms with Gasteiger partial charge in [0, 0.05) is 26.2 Å². The van der Waals surface area contributed by atoms with E-state index in [9.17, 15) is 8.42 Å². The second-order valence-corrected chi connectivity index (χ2v) is 7.17. The lowest BCUT2D eigenvalue weighted by Crippen LogP contribution is -2.46. The van der Waals surface area contributed by atoms with Gasteiger partial charge < -0.3 is 9.32 Å². The van der Waals surface area contributed by atoms with Crippen LogP contribution >= 0.6 is 0 Å². The predicted molar refractivity (Wildman–Crippen MR) is 86.5 cm³/mol. The maximum Gasteiger partial charge on any atom is 0.240 e. The summed E-state index contributed by atoms with van der Waals surface area (Å²) < 4.78 is 28.9. The first-order valence-electron chi connectivity index (χ1n) is 7.44. The second kappa shape index (κ2) is 6.31. The third-order valence-electron chi connectivity index (χ3n) is 3.91. The first-order valence-corrected chi connectivity index (χ1v) is 8.98. The van der Waals surface area contributed by atoms with Gasteiger partial charge in [-0.25, -0.2) is 18.5 Å². The zero-order chi connectivity index (χ0) is 16.4. The van der Waals surface area contributed by atoms with Gasteiger partial charge in [-0.05, 0) is 19.1 Å². The molecule has 2 aromatic rings. The minimum Gasteiger partial charge on any atom is -0.445 e. The van der Waals surface area contributed by atoms with Crippen LogP contribution in [0.15, 0.2) is 39.8 Å². The molecule has 0 amide bonds. The molecule has 1 saturated heterocycles. The summed E-state index contributed by atoms with van der Waals surface area (Å²) in [7, 11) is -3.72. The number of nitrogens with two attached hydrogens (primary N) is 1. The van der Waals surface area contributed by atoms with E-state index < -0.39 is 10.0 Å². The quantitative estimate of drug-likeness (QED) is 0.894. The van der Waals surface area contributed by atoms with Gasteiger partial charge >= 0.3 is 0 Å². The van der Waals surface area contributed by atoms with Crippen LogP contribution in [0.25, 0.3) is 0 Å². The van der Waals surface area contributed by atoms with Crippen molar-refractivity contribution < 1.29 is 12.8 Å². The van der Waals surface area contributed by atoms with Crippen LogP contribution in [0.2, 0.25) is 0 Å². The molecule has 1 aliphatic heterocycles. The minimum atomic E-state index is -3.72. The van der Waals surface area contributed by atoms with E-state index in [0.29, 0.717) is 18.1 Å². The molecule has 0 saturated carbocycles. The maximum absolute atomic E-state index is 11.7. The Morgan fingerprint density at radius 1 is 1.22 bits per heavy atom. The SMILES string of the molecule is Cc1cnc(CN2CCN(c3ccccc3S(N)(=O)=O)CC2)o1. The highest BCUT2D eigenvalue weighted by atomic mass is 32.2. The zero-order valence-corrected chi connectivity index (χ0v) is 13.8. The Hall–Kier alpha value is -1.90. The summed E-state index contributed by atoms with van der Waals surface area (Å²) in [5, 5.41) is 5.31. The number of sulfonamides is 1. The molecule has 8 heteroatoms. The van der Waals surface area contributed by atoms with Crippen molar-refractivity contribution in [2.75, 3.05) is 31.1 Å². The molecule has 23 heavy (non-hydrogen) atoms. The Morgan fingerprint density at radius 3 is 2.52 bits per heavy atom. The van der Waals surface area contributed by atoms with Crippen LogP contribution in [-0.4, -0.2) is 44.5 Å². The van der Waals surface area contributed by atoms with E-state index in [-0.39, 0.29) is 4.90 Å². The molecule has 2 N–H and O–H groups in total. The molecule has 7 nitrogen and oxygen atoms in total. The standard InChI is InChI=1S/C15H20N4O3S/c1-12-10-17-15(22-12)11-18-6-8-19(9-7-18)13-4-2-3-5-14(13)23(16,20)21/h2-5,10H,6-9,11H2,1H3,(H2,16,20,21). The number of rotatable bonds is 4. The van der Waals surface area contributed by atoms with Crippen molar-refractivity contribution in [3.05, 3.63) is 42.1 Å². The van der Waals surface area contributed by atoms with Crippen LogP contribution in [0, 0.1) is 6.92 Å². The van der Waals surface area contributed by atoms with Gasteiger partial charge in [-0.15, -0.1) is 0 Å². The van der Waals surface area contributed by atoms with Gasteiger partial charge in [0.05, 0.1) is 18.4 Å². The topological polar surface area (TPSA) is 92.7 Å². The fraction of sp³-hybridized carbons (Fsp3) is 0.400. The number of para-hydroxylation sites is 1. The summed E-state index contributed by atoms with van der Waals surface area (Å²) in [5.41, 5.74) is 0.668. The average molecular weight is 336 g/mol. The van der Waals surface area contributed by atoms with Crippen molar-refractivity contribution in [1.29, 1.82) is 0 Å². The third-order valence-corrected chi connectivity index (χ3v) is 4.87. The highest BCUT2D eigenvalue weighted by molar-refractivity contribution is 7.89. The molecule has 1 aromatic carbocycles. The highest BCUT2D eigenvalue weighted by Gasteiger charge is 2.23. The van der Waals surface area contributed by atoms with Gasteiger partial charge in [0.25, 0.3) is 0 Å². The van der Waals surface area contributed by atoms with Crippen molar-refractivity contribution in [1.82, 2.24) is 9.88 Å². The summed E-state index contributed by atoms with van der Waals surface area (Å²) in [4.78, 5) is 8.68. The smallest absolute Gasteiger partial charge is 0.240 e. The van der Waals surface area contributed by atoms with E-state index in [2.05, 4.69) is 14.8 Å². The number of benzene rings is 1. The monoisotopic (exact) mass is 336 g/mol. The molecule has 0 unspecified atom stereocenters. The Kier molecular flexibility index (Phi) is 4.38. The van der Waals surface area contributed by atoms with E-state index in [0.717, 1.165) is 31.9 Å². The number of nitrogens with zero attached hydrogens (tertiary/aromatic N) is 3. The van der Waals surface area contributed by atoms with Gasteiger partial charge in [-0.1, -0.05) is 12.1 Å². The number of anilines is 1. The summed E-state index contributed by atoms with van der Waals surface area (Å²) >= 11 is 0. The molecule has 1 aliphatic rings. The zero-order valence-electron chi connectivity index (χ0n) is 13.0. The average Bonchev–Trinajstić information content (AvgIpc) is 2.92. The fourth-order valence-electron chi connectivity index (χ4n) is 2.77. The van der Waals surface area contributed by atoms with Crippen LogP contribution in [0.1, 0.15) is 11.7 Å². The first kappa shape index (κ1) is 16.0. The highest BCUT2D eigenvalue weighted by Crippen LogP contribution is 2.25. The number of piperazine rings is 1. The summed E-state index contributed by atoms with van der Waals surface area (Å²) in [5.74, 6) is 1.52. The number of aromatic nitrogens is 1. The Labute approximate surface area is 135 Å². The maximum atomic E-state index is 11.7. The predicted octanol–water partition coefficient (Wildman–Crippen LogP) is 0.953. The van der Waals surface area contributed by atoms with E-state index in [4.69, 9.17) is 9.56 Å². The number of oxazole rings is 1. The molecule has 0 aliphatic carbocycles. The summed E-state index contributed by atoms with van der Waals surface area (Å²) in [6.07, 6.45) is 1.72. The van der Waals surface area contributed by atoms with Crippen LogP contribution in [0.4, 0.5) is 5.69 Å². The molecule has 0 atom stereocenters. The van der Waals surface area contributed by atoms with E-state index >= 15 is 0 Å². The van der Waals surface area contributed by atoms with Crippen molar-refractivity contribution in [3.63, 3.8) is 0 Å². The van der Waals surface area contributed by atoms with Crippen molar-refractivity contribution in [2.24, 2.45) is 5.14 Å². The molecule has 1 aromatic heterocycles. The van der Waals surface area contributed by atoms with Gasteiger partial charge in [-0.2, -0.15) is 0 Å². The number of primary sulfonamides is 1. The molecule has 0 spiro atoms. The van der Waals surface area contributed by atoms with Gasteiger partial charge in [0.1, 0.15) is 10.7 Å². The fourth-order valence-corrected chi connectivity index (χ4v) is 3.53. The molecule has 2 heterocycles. The lowest BCUT2D eigenvalue weighted by atomic mass is 10.2. The molecule has 3 rings (SSSR count). The van der Waals surface area contributed by atoms with Crippen molar-refractivity contribution in [3.8, 4) is 0 Å². The lowest BCUT2D eigenvalue weighted by Gasteiger charge is -2.36. The number of hydrogen-bond donors (Lipinski definition) is 1. The lowest BCUT2D eigenvalue weighted by molar-refractivity contribution is 0.224. The molecule has 0 radical (unpaired) electrons. The van der Waals surface area contributed by atoms with Gasteiger partial charge in [0.2, 0.25) is 15.9 Å². The van der Waals surface area contributed by atoms with Gasteiger partial charge in [0.15, 0.2) is 0 Å². The summed E-state index contributed by atoms with van der Waals surface area (Å²) in [6, 6.07) is 6.86. The van der Waals surface area contributed by atoms with E-state index in [1.807, 2.05) is 13.0 Å². The molecular weight excluding hydrogens is 316 g/mol. The van der Waals surface area contributed by atoms with E-state index in [1.54, 1.807) is 24.4 Å². The Morgan fingerprint density at radius 2 is 1.91 bits per heavy atom. The first-order chi connectivity index (χ1) is 10.9. The molecule has 1 fully saturated rings. The number of aryl methyl sites for hydroxylation is 1. The van der Waals surface area contributed by atoms with Crippen LogP contribution < -0.4 is 10.0 Å². The van der Waals surface area contributed by atoms with Crippen molar-refractivity contribution >= 4 is 15.7 Å². The van der Waals surface area contributed by atoms with Crippen LogP contribution in [-0.2, 0) is 16.6 Å².